The van der Waals surface area contributed by atoms with Gasteiger partial charge in [0.1, 0.15) is 5.02 Å². The zero-order valence-electron chi connectivity index (χ0n) is 11.0. The molecule has 0 saturated carbocycles. The number of amides is 1. The SMILES string of the molecule is CCCN(CC(=O)NC)c1c(N)cc(N)c(Cl)c1F. The molecule has 106 valence electrons. The molecule has 0 radical (unpaired) electrons. The number of anilines is 3. The number of carbonyl (C=O) groups excluding carboxylic acids is 1. The molecule has 0 aliphatic rings. The maximum Gasteiger partial charge on any atom is 0.239 e. The molecule has 0 aliphatic heterocycles. The Labute approximate surface area is 116 Å². The Bertz CT molecular complexity index is 481. The molecule has 1 aromatic carbocycles. The first kappa shape index (κ1) is 15.4. The second kappa shape index (κ2) is 6.47. The summed E-state index contributed by atoms with van der Waals surface area (Å²) in [5, 5.41) is 2.31. The number of hydrogen-bond donors (Lipinski definition) is 3. The van der Waals surface area contributed by atoms with E-state index < -0.39 is 5.82 Å². The molecule has 0 heterocycles. The van der Waals surface area contributed by atoms with E-state index in [4.69, 9.17) is 23.1 Å². The first-order valence-electron chi connectivity index (χ1n) is 5.90. The van der Waals surface area contributed by atoms with Gasteiger partial charge in [-0.2, -0.15) is 0 Å². The maximum atomic E-state index is 14.2. The zero-order chi connectivity index (χ0) is 14.6. The van der Waals surface area contributed by atoms with Crippen molar-refractivity contribution in [2.24, 2.45) is 0 Å². The van der Waals surface area contributed by atoms with E-state index in [1.165, 1.54) is 13.1 Å². The highest BCUT2D eigenvalue weighted by atomic mass is 35.5. The summed E-state index contributed by atoms with van der Waals surface area (Å²) in [5.74, 6) is -0.934. The lowest BCUT2D eigenvalue weighted by atomic mass is 10.2. The van der Waals surface area contributed by atoms with Crippen molar-refractivity contribution in [2.45, 2.75) is 13.3 Å². The number of hydrogen-bond acceptors (Lipinski definition) is 4. The van der Waals surface area contributed by atoms with Gasteiger partial charge in [0.15, 0.2) is 5.82 Å². The summed E-state index contributed by atoms with van der Waals surface area (Å²) in [6.07, 6.45) is 0.734. The number of nitrogen functional groups attached to an aromatic ring is 2. The molecule has 5 N–H and O–H groups in total. The Kier molecular flexibility index (Phi) is 5.23. The van der Waals surface area contributed by atoms with E-state index in [1.807, 2.05) is 6.92 Å². The monoisotopic (exact) mass is 288 g/mol. The predicted octanol–water partition coefficient (Wildman–Crippen LogP) is 1.61. The lowest BCUT2D eigenvalue weighted by Gasteiger charge is -2.26. The molecule has 0 atom stereocenters. The fourth-order valence-corrected chi connectivity index (χ4v) is 1.91. The van der Waals surface area contributed by atoms with E-state index >= 15 is 0 Å². The summed E-state index contributed by atoms with van der Waals surface area (Å²) >= 11 is 5.79. The van der Waals surface area contributed by atoms with Crippen LogP contribution in [0.2, 0.25) is 5.02 Å². The first-order valence-corrected chi connectivity index (χ1v) is 6.28. The van der Waals surface area contributed by atoms with Crippen LogP contribution in [0.3, 0.4) is 0 Å². The third-order valence-electron chi connectivity index (χ3n) is 2.66. The molecule has 0 aromatic heterocycles. The lowest BCUT2D eigenvalue weighted by molar-refractivity contribution is -0.119. The number of nitrogens with two attached hydrogens (primary N) is 2. The number of halogens is 2. The molecular formula is C12H18ClFN4O. The molecule has 1 aromatic rings. The smallest absolute Gasteiger partial charge is 0.239 e. The molecule has 1 amide bonds. The van der Waals surface area contributed by atoms with Crippen LogP contribution in [0.1, 0.15) is 13.3 Å². The van der Waals surface area contributed by atoms with E-state index in [0.717, 1.165) is 6.42 Å². The molecule has 1 rings (SSSR count). The van der Waals surface area contributed by atoms with Gasteiger partial charge >= 0.3 is 0 Å². The third kappa shape index (κ3) is 3.41. The van der Waals surface area contributed by atoms with Crippen molar-refractivity contribution in [2.75, 3.05) is 36.5 Å². The normalized spacial score (nSPS) is 10.3. The Morgan fingerprint density at radius 2 is 2.11 bits per heavy atom. The van der Waals surface area contributed by atoms with Gasteiger partial charge < -0.3 is 21.7 Å². The van der Waals surface area contributed by atoms with Crippen LogP contribution in [0, 0.1) is 5.82 Å². The van der Waals surface area contributed by atoms with Gasteiger partial charge in [-0.25, -0.2) is 4.39 Å². The zero-order valence-corrected chi connectivity index (χ0v) is 11.7. The summed E-state index contributed by atoms with van der Waals surface area (Å²) in [7, 11) is 1.52. The highest BCUT2D eigenvalue weighted by Gasteiger charge is 2.21. The number of benzene rings is 1. The molecule has 0 fully saturated rings. The molecule has 0 saturated heterocycles. The Balaban J connectivity index is 3.22. The highest BCUT2D eigenvalue weighted by molar-refractivity contribution is 6.33. The Hall–Kier alpha value is -1.69. The van der Waals surface area contributed by atoms with Gasteiger partial charge in [0.25, 0.3) is 0 Å². The van der Waals surface area contributed by atoms with Crippen molar-refractivity contribution in [3.63, 3.8) is 0 Å². The van der Waals surface area contributed by atoms with Gasteiger partial charge in [0.05, 0.1) is 23.6 Å². The number of carbonyl (C=O) groups is 1. The van der Waals surface area contributed by atoms with Gasteiger partial charge in [-0.05, 0) is 12.5 Å². The highest BCUT2D eigenvalue weighted by Crippen LogP contribution is 2.36. The van der Waals surface area contributed by atoms with Crippen molar-refractivity contribution in [1.82, 2.24) is 5.32 Å². The average molecular weight is 289 g/mol. The van der Waals surface area contributed by atoms with E-state index in [9.17, 15) is 9.18 Å². The lowest BCUT2D eigenvalue weighted by Crippen LogP contribution is -2.37. The second-order valence-corrected chi connectivity index (χ2v) is 4.50. The van der Waals surface area contributed by atoms with Gasteiger partial charge in [-0.3, -0.25) is 4.79 Å². The van der Waals surface area contributed by atoms with Crippen molar-refractivity contribution in [3.05, 3.63) is 16.9 Å². The Morgan fingerprint density at radius 3 is 2.63 bits per heavy atom. The minimum absolute atomic E-state index is 0.00566. The molecule has 19 heavy (non-hydrogen) atoms. The first-order chi connectivity index (χ1) is 8.92. The summed E-state index contributed by atoms with van der Waals surface area (Å²) in [5.41, 5.74) is 11.7. The number of rotatable bonds is 5. The summed E-state index contributed by atoms with van der Waals surface area (Å²) < 4.78 is 14.2. The Morgan fingerprint density at radius 1 is 1.47 bits per heavy atom. The molecule has 7 heteroatoms. The van der Waals surface area contributed by atoms with Crippen LogP contribution in [-0.2, 0) is 4.79 Å². The van der Waals surface area contributed by atoms with Crippen molar-refractivity contribution in [1.29, 1.82) is 0 Å². The van der Waals surface area contributed by atoms with Crippen LogP contribution in [0.25, 0.3) is 0 Å². The topological polar surface area (TPSA) is 84.4 Å². The molecular weight excluding hydrogens is 271 g/mol. The van der Waals surface area contributed by atoms with Gasteiger partial charge in [-0.1, -0.05) is 18.5 Å². The van der Waals surface area contributed by atoms with Crippen LogP contribution in [0.15, 0.2) is 6.07 Å². The third-order valence-corrected chi connectivity index (χ3v) is 3.05. The number of likely N-dealkylation sites (N-methyl/N-ethyl adjacent to an activating group) is 1. The van der Waals surface area contributed by atoms with Crippen LogP contribution in [-0.4, -0.2) is 26.0 Å². The molecule has 0 bridgehead atoms. The van der Waals surface area contributed by atoms with E-state index in [2.05, 4.69) is 5.32 Å². The summed E-state index contributed by atoms with van der Waals surface area (Å²) in [4.78, 5) is 13.0. The van der Waals surface area contributed by atoms with Crippen LogP contribution in [0.4, 0.5) is 21.5 Å². The number of nitrogens with one attached hydrogen (secondary N) is 1. The predicted molar refractivity (Wildman–Crippen MR) is 76.8 cm³/mol. The molecule has 0 aliphatic carbocycles. The second-order valence-electron chi connectivity index (χ2n) is 4.13. The summed E-state index contributed by atoms with van der Waals surface area (Å²) in [6.45, 7) is 2.41. The van der Waals surface area contributed by atoms with E-state index in [0.29, 0.717) is 6.54 Å². The quantitative estimate of drug-likeness (QED) is 0.719. The van der Waals surface area contributed by atoms with Crippen molar-refractivity contribution in [3.8, 4) is 0 Å². The van der Waals surface area contributed by atoms with E-state index in [-0.39, 0.29) is 34.5 Å². The molecule has 5 nitrogen and oxygen atoms in total. The standard InChI is InChI=1S/C12H18ClFN4O/c1-3-4-18(6-9(19)17-2)12-8(16)5-7(15)10(13)11(12)14/h5H,3-4,6,15-16H2,1-2H3,(H,17,19). The van der Waals surface area contributed by atoms with Crippen molar-refractivity contribution >= 4 is 34.6 Å². The van der Waals surface area contributed by atoms with E-state index in [1.54, 1.807) is 4.90 Å². The average Bonchev–Trinajstić information content (AvgIpc) is 2.36. The maximum absolute atomic E-state index is 14.2. The van der Waals surface area contributed by atoms with Crippen LogP contribution in [0.5, 0.6) is 0 Å². The summed E-state index contributed by atoms with van der Waals surface area (Å²) in [6, 6.07) is 1.40. The fourth-order valence-electron chi connectivity index (χ4n) is 1.77. The van der Waals surface area contributed by atoms with Crippen LogP contribution >= 0.6 is 11.6 Å². The fraction of sp³-hybridized carbons (Fsp3) is 0.417. The van der Waals surface area contributed by atoms with Crippen molar-refractivity contribution < 1.29 is 9.18 Å². The molecule has 0 spiro atoms. The largest absolute Gasteiger partial charge is 0.397 e. The van der Waals surface area contributed by atoms with Crippen LogP contribution < -0.4 is 21.7 Å². The van der Waals surface area contributed by atoms with Gasteiger partial charge in [0, 0.05) is 13.6 Å². The molecule has 0 unspecified atom stereocenters. The van der Waals surface area contributed by atoms with Gasteiger partial charge in [0.2, 0.25) is 5.91 Å². The minimum Gasteiger partial charge on any atom is -0.397 e. The minimum atomic E-state index is -0.698. The van der Waals surface area contributed by atoms with Gasteiger partial charge in [-0.15, -0.1) is 0 Å². The number of nitrogens with zero attached hydrogens (tertiary/aromatic N) is 1.